The van der Waals surface area contributed by atoms with Gasteiger partial charge >= 0.3 is 0 Å². The van der Waals surface area contributed by atoms with E-state index in [1.54, 1.807) is 17.0 Å². The van der Waals surface area contributed by atoms with Gasteiger partial charge in [-0.1, -0.05) is 16.8 Å². The number of anilines is 1. The molecule has 4 N–H and O–H groups in total. The van der Waals surface area contributed by atoms with Crippen LogP contribution in [0, 0.1) is 0 Å². The van der Waals surface area contributed by atoms with E-state index in [9.17, 15) is 24.1 Å². The number of nitrogens with zero attached hydrogens (tertiary/aromatic N) is 3. The maximum Gasteiger partial charge on any atom is 0.254 e. The third-order valence-electron chi connectivity index (χ3n) is 6.29. The number of amides is 1. The van der Waals surface area contributed by atoms with Gasteiger partial charge in [-0.15, -0.1) is 0 Å². The van der Waals surface area contributed by atoms with Crippen LogP contribution in [0.25, 0.3) is 11.3 Å². The highest BCUT2D eigenvalue weighted by Gasteiger charge is 2.30. The zero-order chi connectivity index (χ0) is 24.0. The number of hydrogen-bond acceptors (Lipinski definition) is 8. The minimum absolute atomic E-state index is 0.0700. The molecule has 1 fully saturated rings. The Kier molecular flexibility index (Phi) is 5.85. The molecule has 2 aliphatic heterocycles. The fourth-order valence-corrected chi connectivity index (χ4v) is 5.71. The molecule has 0 unspecified atom stereocenters. The van der Waals surface area contributed by atoms with Crippen molar-refractivity contribution >= 4 is 33.8 Å². The molecule has 9 nitrogen and oxygen atoms in total. The van der Waals surface area contributed by atoms with Crippen LogP contribution < -0.4 is 4.90 Å². The van der Waals surface area contributed by atoms with Crippen molar-refractivity contribution in [1.29, 1.82) is 0 Å². The lowest BCUT2D eigenvalue weighted by Gasteiger charge is -2.41. The summed E-state index contributed by atoms with van der Waals surface area (Å²) in [5, 5.41) is 24.2. The zero-order valence-corrected chi connectivity index (χ0v) is 19.7. The van der Waals surface area contributed by atoms with Crippen molar-refractivity contribution in [2.75, 3.05) is 36.0 Å². The molecule has 34 heavy (non-hydrogen) atoms. The number of aromatic nitrogens is 1. The Labute approximate surface area is 202 Å². The topological polar surface area (TPSA) is 130 Å². The second-order valence-electron chi connectivity index (χ2n) is 8.48. The normalized spacial score (nSPS) is 18.4. The van der Waals surface area contributed by atoms with Crippen LogP contribution in [0.1, 0.15) is 21.6 Å². The van der Waals surface area contributed by atoms with E-state index in [2.05, 4.69) is 10.1 Å². The SMILES string of the molecule is O=C(c1ccc(N2CCS(O)(O)CC2)cc1)N1CCc2noc(-c3cc(Cl)c(O)cc3O)c2C1. The molecule has 2 aromatic carbocycles. The van der Waals surface area contributed by atoms with Gasteiger partial charge in [0.1, 0.15) is 11.5 Å². The predicted octanol–water partition coefficient (Wildman–Crippen LogP) is 4.18. The van der Waals surface area contributed by atoms with E-state index in [4.69, 9.17) is 16.1 Å². The van der Waals surface area contributed by atoms with E-state index in [0.717, 1.165) is 11.8 Å². The largest absolute Gasteiger partial charge is 0.507 e. The molecule has 2 aliphatic rings. The van der Waals surface area contributed by atoms with E-state index in [-0.39, 0.29) is 29.0 Å². The van der Waals surface area contributed by atoms with Gasteiger partial charge in [-0.05, 0) is 30.3 Å². The average Bonchev–Trinajstić information content (AvgIpc) is 3.24. The summed E-state index contributed by atoms with van der Waals surface area (Å²) in [6, 6.07) is 9.86. The standard InChI is InChI=1S/C23H24ClN3O6S/c24-18-11-16(20(28)12-21(18)29)22-17-13-27(6-5-19(17)25-33-22)23(30)14-1-3-15(4-2-14)26-7-9-34(31,32)10-8-26/h1-4,11-12,28-29,31-32H,5-10,13H2. The molecule has 0 saturated carbocycles. The number of benzene rings is 2. The number of carbonyl (C=O) groups is 1. The highest BCUT2D eigenvalue weighted by molar-refractivity contribution is 8.24. The number of rotatable bonds is 3. The van der Waals surface area contributed by atoms with Crippen LogP contribution in [-0.4, -0.2) is 66.4 Å². The zero-order valence-electron chi connectivity index (χ0n) is 18.1. The number of fused-ring (bicyclic) bond motifs is 1. The Bertz CT molecular complexity index is 1240. The second kappa shape index (κ2) is 8.70. The molecular weight excluding hydrogens is 482 g/mol. The number of carbonyl (C=O) groups excluding carboxylic acids is 1. The van der Waals surface area contributed by atoms with Gasteiger partial charge in [0.05, 0.1) is 34.3 Å². The lowest BCUT2D eigenvalue weighted by molar-refractivity contribution is 0.0734. The van der Waals surface area contributed by atoms with Gasteiger partial charge in [-0.25, -0.2) is 0 Å². The Morgan fingerprint density at radius 1 is 1.03 bits per heavy atom. The molecule has 1 aromatic heterocycles. The molecular formula is C23H24ClN3O6S. The summed E-state index contributed by atoms with van der Waals surface area (Å²) in [4.78, 5) is 17.0. The number of aromatic hydroxyl groups is 2. The lowest BCUT2D eigenvalue weighted by atomic mass is 10.00. The molecule has 180 valence electrons. The first-order valence-electron chi connectivity index (χ1n) is 10.8. The Morgan fingerprint density at radius 3 is 2.44 bits per heavy atom. The molecule has 1 saturated heterocycles. The number of phenolic OH excluding ortho intramolecular Hbond substituents is 2. The van der Waals surface area contributed by atoms with Crippen LogP contribution in [0.2, 0.25) is 5.02 Å². The molecule has 0 bridgehead atoms. The van der Waals surface area contributed by atoms with Gasteiger partial charge in [0, 0.05) is 48.9 Å². The highest BCUT2D eigenvalue weighted by Crippen LogP contribution is 2.42. The van der Waals surface area contributed by atoms with Crippen LogP contribution >= 0.6 is 22.2 Å². The lowest BCUT2D eigenvalue weighted by Crippen LogP contribution is -2.38. The average molecular weight is 506 g/mol. The van der Waals surface area contributed by atoms with E-state index in [1.807, 2.05) is 12.1 Å². The van der Waals surface area contributed by atoms with Crippen molar-refractivity contribution in [3.8, 4) is 22.8 Å². The van der Waals surface area contributed by atoms with Gasteiger partial charge in [0.15, 0.2) is 5.76 Å². The van der Waals surface area contributed by atoms with Crippen LogP contribution in [0.15, 0.2) is 40.9 Å². The summed E-state index contributed by atoms with van der Waals surface area (Å²) in [6.07, 6.45) is 0.509. The fourth-order valence-electron chi connectivity index (χ4n) is 4.31. The minimum Gasteiger partial charge on any atom is -0.507 e. The highest BCUT2D eigenvalue weighted by atomic mass is 35.5. The van der Waals surface area contributed by atoms with Gasteiger partial charge in [-0.3, -0.25) is 13.9 Å². The molecule has 3 heterocycles. The molecule has 0 radical (unpaired) electrons. The summed E-state index contributed by atoms with van der Waals surface area (Å²) in [5.41, 5.74) is 3.19. The monoisotopic (exact) mass is 505 g/mol. The first-order chi connectivity index (χ1) is 16.2. The fraction of sp³-hybridized carbons (Fsp3) is 0.304. The molecule has 0 spiro atoms. The molecule has 1 amide bonds. The minimum atomic E-state index is -2.46. The Morgan fingerprint density at radius 2 is 1.74 bits per heavy atom. The van der Waals surface area contributed by atoms with Gasteiger partial charge in [-0.2, -0.15) is 10.6 Å². The van der Waals surface area contributed by atoms with Gasteiger partial charge in [0.2, 0.25) is 0 Å². The van der Waals surface area contributed by atoms with Crippen LogP contribution in [0.3, 0.4) is 0 Å². The van der Waals surface area contributed by atoms with Crippen molar-refractivity contribution in [2.24, 2.45) is 0 Å². The van der Waals surface area contributed by atoms with E-state index in [1.165, 1.54) is 6.07 Å². The van der Waals surface area contributed by atoms with Gasteiger partial charge in [0.25, 0.3) is 5.91 Å². The summed E-state index contributed by atoms with van der Waals surface area (Å²) < 4.78 is 25.1. The molecule has 0 aliphatic carbocycles. The first-order valence-corrected chi connectivity index (χ1v) is 13.1. The Balaban J connectivity index is 1.33. The third-order valence-corrected chi connectivity index (χ3v) is 8.27. The van der Waals surface area contributed by atoms with Crippen molar-refractivity contribution in [3.05, 3.63) is 58.2 Å². The van der Waals surface area contributed by atoms with Crippen LogP contribution in [-0.2, 0) is 13.0 Å². The number of phenols is 2. The smallest absolute Gasteiger partial charge is 0.254 e. The quantitative estimate of drug-likeness (QED) is 0.417. The van der Waals surface area contributed by atoms with Crippen LogP contribution in [0.5, 0.6) is 11.5 Å². The molecule has 0 atom stereocenters. The van der Waals surface area contributed by atoms with Crippen molar-refractivity contribution in [2.45, 2.75) is 13.0 Å². The summed E-state index contributed by atoms with van der Waals surface area (Å²) in [7, 11) is -2.46. The third kappa shape index (κ3) is 4.29. The van der Waals surface area contributed by atoms with E-state index >= 15 is 0 Å². The maximum absolute atomic E-state index is 13.2. The molecule has 5 rings (SSSR count). The summed E-state index contributed by atoms with van der Waals surface area (Å²) >= 11 is 6.01. The van der Waals surface area contributed by atoms with Crippen molar-refractivity contribution in [3.63, 3.8) is 0 Å². The van der Waals surface area contributed by atoms with Crippen LogP contribution in [0.4, 0.5) is 5.69 Å². The Hall–Kier alpha value is -2.92. The van der Waals surface area contributed by atoms with Gasteiger partial charge < -0.3 is 24.5 Å². The van der Waals surface area contributed by atoms with Crippen molar-refractivity contribution in [1.82, 2.24) is 10.1 Å². The number of hydrogen-bond donors (Lipinski definition) is 4. The predicted molar refractivity (Wildman–Crippen MR) is 130 cm³/mol. The summed E-state index contributed by atoms with van der Waals surface area (Å²) in [5.74, 6) is 0.455. The second-order valence-corrected chi connectivity index (χ2v) is 11.3. The summed E-state index contributed by atoms with van der Waals surface area (Å²) in [6.45, 7) is 1.87. The molecule has 3 aromatic rings. The van der Waals surface area contributed by atoms with Crippen molar-refractivity contribution < 1.29 is 28.6 Å². The number of halogens is 1. The van der Waals surface area contributed by atoms with E-state index < -0.39 is 10.6 Å². The maximum atomic E-state index is 13.2. The van der Waals surface area contributed by atoms with E-state index in [0.29, 0.717) is 65.7 Å². The molecule has 11 heteroatoms. The first kappa shape index (κ1) is 22.9.